The van der Waals surface area contributed by atoms with Crippen molar-refractivity contribution in [3.63, 3.8) is 0 Å². The minimum absolute atomic E-state index is 0.0390. The maximum atomic E-state index is 6.87. The summed E-state index contributed by atoms with van der Waals surface area (Å²) < 4.78 is 26.5. The molecule has 2 fully saturated rings. The molecule has 4 unspecified atom stereocenters. The maximum absolute atomic E-state index is 6.87. The molecule has 0 amide bonds. The Morgan fingerprint density at radius 1 is 0.650 bits per heavy atom. The lowest BCUT2D eigenvalue weighted by Gasteiger charge is -2.40. The second-order valence-electron chi connectivity index (χ2n) is 11.6. The van der Waals surface area contributed by atoms with Gasteiger partial charge >= 0.3 is 5.97 Å². The number of hydrogen-bond donors (Lipinski definition) is 0. The third-order valence-electron chi connectivity index (χ3n) is 8.45. The SMILES string of the molecule is CCCCCCCCC(CCC1CCC2OC2C1)C(Oc1ccccc1)(Oc1ccccc1)Oc1ccccc1. The number of hydrogen-bond acceptors (Lipinski definition) is 4. The summed E-state index contributed by atoms with van der Waals surface area (Å²) in [6.45, 7) is 2.27. The zero-order valence-electron chi connectivity index (χ0n) is 24.1. The van der Waals surface area contributed by atoms with Crippen LogP contribution in [0.3, 0.4) is 0 Å². The highest BCUT2D eigenvalue weighted by Gasteiger charge is 2.48. The van der Waals surface area contributed by atoms with Crippen molar-refractivity contribution in [2.24, 2.45) is 11.8 Å². The molecule has 0 aromatic heterocycles. The molecule has 1 saturated heterocycles. The van der Waals surface area contributed by atoms with Gasteiger partial charge < -0.3 is 18.9 Å². The fourth-order valence-corrected chi connectivity index (χ4v) is 6.13. The Labute approximate surface area is 241 Å². The van der Waals surface area contributed by atoms with Crippen LogP contribution in [0.5, 0.6) is 17.2 Å². The molecule has 3 aromatic carbocycles. The number of rotatable bonds is 17. The normalized spacial score (nSPS) is 20.8. The van der Waals surface area contributed by atoms with E-state index >= 15 is 0 Å². The number of epoxide rings is 1. The van der Waals surface area contributed by atoms with Crippen molar-refractivity contribution in [2.75, 3.05) is 0 Å². The van der Waals surface area contributed by atoms with Crippen LogP contribution < -0.4 is 14.2 Å². The summed E-state index contributed by atoms with van der Waals surface area (Å²) in [7, 11) is 0. The molecule has 40 heavy (non-hydrogen) atoms. The van der Waals surface area contributed by atoms with E-state index in [1.807, 2.05) is 91.0 Å². The minimum atomic E-state index is -1.30. The van der Waals surface area contributed by atoms with Crippen LogP contribution in [0.15, 0.2) is 91.0 Å². The van der Waals surface area contributed by atoms with Crippen molar-refractivity contribution in [3.8, 4) is 17.2 Å². The Morgan fingerprint density at radius 2 is 1.18 bits per heavy atom. The maximum Gasteiger partial charge on any atom is 0.420 e. The van der Waals surface area contributed by atoms with Gasteiger partial charge in [-0.25, -0.2) is 0 Å². The quantitative estimate of drug-likeness (QED) is 0.0967. The zero-order valence-corrected chi connectivity index (χ0v) is 24.1. The molecular weight excluding hydrogens is 496 g/mol. The predicted molar refractivity (Wildman–Crippen MR) is 161 cm³/mol. The second-order valence-corrected chi connectivity index (χ2v) is 11.6. The van der Waals surface area contributed by atoms with E-state index in [-0.39, 0.29) is 5.92 Å². The molecule has 214 valence electrons. The molecule has 0 bridgehead atoms. The number of benzene rings is 3. The van der Waals surface area contributed by atoms with E-state index in [4.69, 9.17) is 18.9 Å². The van der Waals surface area contributed by atoms with Gasteiger partial charge in [0.2, 0.25) is 0 Å². The molecule has 5 rings (SSSR count). The van der Waals surface area contributed by atoms with Gasteiger partial charge in [-0.15, -0.1) is 0 Å². The van der Waals surface area contributed by atoms with E-state index in [0.717, 1.165) is 42.9 Å². The van der Waals surface area contributed by atoms with Crippen LogP contribution >= 0.6 is 0 Å². The lowest BCUT2D eigenvalue weighted by molar-refractivity contribution is -0.288. The Bertz CT molecular complexity index is 1000. The summed E-state index contributed by atoms with van der Waals surface area (Å²) in [6.07, 6.45) is 15.2. The molecule has 4 heteroatoms. The van der Waals surface area contributed by atoms with Crippen molar-refractivity contribution in [3.05, 3.63) is 91.0 Å². The van der Waals surface area contributed by atoms with Crippen LogP contribution in [-0.4, -0.2) is 18.2 Å². The molecule has 0 radical (unpaired) electrons. The molecule has 1 saturated carbocycles. The Kier molecular flexibility index (Phi) is 10.4. The lowest BCUT2D eigenvalue weighted by atomic mass is 9.82. The molecule has 2 aliphatic rings. The van der Waals surface area contributed by atoms with E-state index in [2.05, 4.69) is 6.92 Å². The van der Waals surface area contributed by atoms with Gasteiger partial charge in [-0.1, -0.05) is 100 Å². The summed E-state index contributed by atoms with van der Waals surface area (Å²) in [4.78, 5) is 0. The smallest absolute Gasteiger partial charge is 0.420 e. The molecule has 4 nitrogen and oxygen atoms in total. The second kappa shape index (κ2) is 14.6. The summed E-state index contributed by atoms with van der Waals surface area (Å²) >= 11 is 0. The fourth-order valence-electron chi connectivity index (χ4n) is 6.13. The number of fused-ring (bicyclic) bond motifs is 1. The molecular formula is C36H46O4. The van der Waals surface area contributed by atoms with Gasteiger partial charge in [0, 0.05) is 0 Å². The van der Waals surface area contributed by atoms with E-state index in [1.54, 1.807) is 0 Å². The predicted octanol–water partition coefficient (Wildman–Crippen LogP) is 9.59. The van der Waals surface area contributed by atoms with Gasteiger partial charge in [-0.2, -0.15) is 0 Å². The van der Waals surface area contributed by atoms with Crippen LogP contribution in [0, 0.1) is 11.8 Å². The van der Waals surface area contributed by atoms with E-state index < -0.39 is 5.97 Å². The first-order valence-electron chi connectivity index (χ1n) is 15.6. The Hall–Kier alpha value is -2.98. The number of unbranched alkanes of at least 4 members (excludes halogenated alkanes) is 5. The van der Waals surface area contributed by atoms with Gasteiger partial charge in [-0.3, -0.25) is 0 Å². The van der Waals surface area contributed by atoms with Gasteiger partial charge in [0.05, 0.1) is 18.1 Å². The van der Waals surface area contributed by atoms with Gasteiger partial charge in [-0.05, 0) is 80.8 Å². The molecule has 1 aliphatic heterocycles. The molecule has 1 aliphatic carbocycles. The monoisotopic (exact) mass is 542 g/mol. The van der Waals surface area contributed by atoms with Gasteiger partial charge in [0.1, 0.15) is 17.2 Å². The topological polar surface area (TPSA) is 40.2 Å². The first-order chi connectivity index (χ1) is 19.7. The molecule has 0 N–H and O–H groups in total. The standard InChI is InChI=1S/C36H46O4/c1-2-3-4-5-6-10-17-30(26-24-29-25-27-34-35(28-29)37-34)36(38-31-18-11-7-12-19-31,39-32-20-13-8-14-21-32)40-33-22-15-9-16-23-33/h7-9,11-16,18-23,29-30,34-35H,2-6,10,17,24-28H2,1H3. The summed E-state index contributed by atoms with van der Waals surface area (Å²) in [6, 6.07) is 30.0. The number of para-hydroxylation sites is 3. The highest BCUT2D eigenvalue weighted by Crippen LogP contribution is 2.43. The van der Waals surface area contributed by atoms with Crippen molar-refractivity contribution in [1.82, 2.24) is 0 Å². The van der Waals surface area contributed by atoms with Gasteiger partial charge in [0.25, 0.3) is 0 Å². The first-order valence-corrected chi connectivity index (χ1v) is 15.6. The highest BCUT2D eigenvalue weighted by atomic mass is 16.9. The van der Waals surface area contributed by atoms with Crippen molar-refractivity contribution < 1.29 is 18.9 Å². The minimum Gasteiger partial charge on any atom is -0.420 e. The van der Waals surface area contributed by atoms with Crippen LogP contribution in [0.4, 0.5) is 0 Å². The third-order valence-corrected chi connectivity index (χ3v) is 8.45. The summed E-state index contributed by atoms with van der Waals surface area (Å²) in [5, 5.41) is 0. The van der Waals surface area contributed by atoms with Crippen molar-refractivity contribution in [2.45, 2.75) is 102 Å². The van der Waals surface area contributed by atoms with Crippen LogP contribution in [0.1, 0.15) is 84.0 Å². The van der Waals surface area contributed by atoms with Crippen LogP contribution in [0.25, 0.3) is 0 Å². The molecule has 0 spiro atoms. The highest BCUT2D eigenvalue weighted by molar-refractivity contribution is 5.26. The molecule has 1 heterocycles. The van der Waals surface area contributed by atoms with Crippen molar-refractivity contribution >= 4 is 0 Å². The summed E-state index contributed by atoms with van der Waals surface area (Å²) in [5.41, 5.74) is 0. The summed E-state index contributed by atoms with van der Waals surface area (Å²) in [5.74, 6) is 1.65. The fraction of sp³-hybridized carbons (Fsp3) is 0.500. The van der Waals surface area contributed by atoms with Gasteiger partial charge in [0.15, 0.2) is 0 Å². The van der Waals surface area contributed by atoms with Crippen LogP contribution in [-0.2, 0) is 4.74 Å². The van der Waals surface area contributed by atoms with E-state index in [1.165, 1.54) is 51.4 Å². The molecule has 3 aromatic rings. The average Bonchev–Trinajstić information content (AvgIpc) is 3.77. The largest absolute Gasteiger partial charge is 0.420 e. The van der Waals surface area contributed by atoms with Crippen LogP contribution in [0.2, 0.25) is 0 Å². The Balaban J connectivity index is 1.44. The zero-order chi connectivity index (χ0) is 27.5. The van der Waals surface area contributed by atoms with E-state index in [9.17, 15) is 0 Å². The third kappa shape index (κ3) is 8.27. The lowest BCUT2D eigenvalue weighted by Crippen LogP contribution is -2.54. The average molecular weight is 543 g/mol. The Morgan fingerprint density at radius 3 is 1.70 bits per heavy atom. The molecule has 4 atom stereocenters. The first kappa shape index (κ1) is 28.5. The van der Waals surface area contributed by atoms with Crippen molar-refractivity contribution in [1.29, 1.82) is 0 Å². The van der Waals surface area contributed by atoms with E-state index in [0.29, 0.717) is 18.1 Å². The number of ether oxygens (including phenoxy) is 4.